The Hall–Kier alpha value is -2.11. The van der Waals surface area contributed by atoms with Crippen LogP contribution in [0, 0.1) is 0 Å². The van der Waals surface area contributed by atoms with Crippen LogP contribution in [0.1, 0.15) is 53.9 Å². The SMILES string of the molecule is O=C(c1cc(C2CC2)on1)N1CCCC(n2cccn2)C1. The summed E-state index contributed by atoms with van der Waals surface area (Å²) in [4.78, 5) is 14.4. The summed E-state index contributed by atoms with van der Waals surface area (Å²) in [5, 5.41) is 8.24. The molecule has 1 aliphatic carbocycles. The van der Waals surface area contributed by atoms with Gasteiger partial charge in [-0.1, -0.05) is 5.16 Å². The summed E-state index contributed by atoms with van der Waals surface area (Å²) in [5.74, 6) is 1.32. The van der Waals surface area contributed by atoms with Gasteiger partial charge in [-0.2, -0.15) is 5.10 Å². The van der Waals surface area contributed by atoms with Crippen LogP contribution in [0.5, 0.6) is 0 Å². The minimum absolute atomic E-state index is 0.0255. The molecule has 0 N–H and O–H groups in total. The van der Waals surface area contributed by atoms with E-state index in [1.165, 1.54) is 0 Å². The van der Waals surface area contributed by atoms with Gasteiger partial charge in [-0.3, -0.25) is 9.48 Å². The normalized spacial score (nSPS) is 22.5. The Morgan fingerprint density at radius 3 is 3.00 bits per heavy atom. The van der Waals surface area contributed by atoms with Gasteiger partial charge in [0, 0.05) is 37.5 Å². The predicted octanol–water partition coefficient (Wildman–Crippen LogP) is 2.23. The molecule has 4 rings (SSSR count). The van der Waals surface area contributed by atoms with Crippen molar-refractivity contribution in [3.8, 4) is 0 Å². The Kier molecular flexibility index (Phi) is 3.02. The van der Waals surface area contributed by atoms with Crippen molar-refractivity contribution in [2.24, 2.45) is 0 Å². The molecule has 6 nitrogen and oxygen atoms in total. The lowest BCUT2D eigenvalue weighted by molar-refractivity contribution is 0.0662. The van der Waals surface area contributed by atoms with Crippen molar-refractivity contribution in [1.82, 2.24) is 19.8 Å². The lowest BCUT2D eigenvalue weighted by atomic mass is 10.1. The molecule has 110 valence electrons. The molecule has 1 atom stereocenters. The smallest absolute Gasteiger partial charge is 0.276 e. The minimum Gasteiger partial charge on any atom is -0.360 e. The lowest BCUT2D eigenvalue weighted by Crippen LogP contribution is -2.41. The van der Waals surface area contributed by atoms with E-state index in [9.17, 15) is 4.79 Å². The summed E-state index contributed by atoms with van der Waals surface area (Å²) >= 11 is 0. The summed E-state index contributed by atoms with van der Waals surface area (Å²) in [6, 6.07) is 3.99. The van der Waals surface area contributed by atoms with E-state index in [1.807, 2.05) is 27.9 Å². The molecular weight excluding hydrogens is 268 g/mol. The molecule has 2 fully saturated rings. The average molecular weight is 286 g/mol. The van der Waals surface area contributed by atoms with Crippen LogP contribution in [0.25, 0.3) is 0 Å². The van der Waals surface area contributed by atoms with Crippen molar-refractivity contribution in [3.63, 3.8) is 0 Å². The maximum absolute atomic E-state index is 12.5. The molecule has 3 heterocycles. The highest BCUT2D eigenvalue weighted by Crippen LogP contribution is 2.40. The quantitative estimate of drug-likeness (QED) is 0.868. The van der Waals surface area contributed by atoms with Gasteiger partial charge in [0.1, 0.15) is 5.76 Å². The first-order valence-corrected chi connectivity index (χ1v) is 7.56. The summed E-state index contributed by atoms with van der Waals surface area (Å²) in [6.07, 6.45) is 8.07. The monoisotopic (exact) mass is 286 g/mol. The van der Waals surface area contributed by atoms with Crippen LogP contribution in [0.3, 0.4) is 0 Å². The Morgan fingerprint density at radius 1 is 1.33 bits per heavy atom. The van der Waals surface area contributed by atoms with Gasteiger partial charge in [0.25, 0.3) is 5.91 Å². The van der Waals surface area contributed by atoms with Crippen molar-refractivity contribution in [2.45, 2.75) is 37.6 Å². The summed E-state index contributed by atoms with van der Waals surface area (Å²) < 4.78 is 7.23. The van der Waals surface area contributed by atoms with Crippen molar-refractivity contribution < 1.29 is 9.32 Å². The number of piperidine rings is 1. The van der Waals surface area contributed by atoms with E-state index in [-0.39, 0.29) is 11.9 Å². The first-order chi connectivity index (χ1) is 10.3. The van der Waals surface area contributed by atoms with Gasteiger partial charge >= 0.3 is 0 Å². The minimum atomic E-state index is -0.0255. The Labute approximate surface area is 122 Å². The fourth-order valence-electron chi connectivity index (χ4n) is 2.96. The van der Waals surface area contributed by atoms with Gasteiger partial charge in [-0.05, 0) is 31.7 Å². The second-order valence-electron chi connectivity index (χ2n) is 5.92. The molecule has 2 aliphatic rings. The van der Waals surface area contributed by atoms with Gasteiger partial charge in [0.05, 0.1) is 6.04 Å². The standard InChI is InChI=1S/C15H18N4O2/c20-15(13-9-14(21-17-13)11-4-5-11)18-7-1-3-12(10-18)19-8-2-6-16-19/h2,6,8-9,11-12H,1,3-5,7,10H2. The van der Waals surface area contributed by atoms with Gasteiger partial charge < -0.3 is 9.42 Å². The van der Waals surface area contributed by atoms with Crippen LogP contribution < -0.4 is 0 Å². The molecule has 6 heteroatoms. The fourth-order valence-corrected chi connectivity index (χ4v) is 2.96. The first kappa shape index (κ1) is 12.6. The van der Waals surface area contributed by atoms with Crippen LogP contribution in [-0.2, 0) is 0 Å². The number of likely N-dealkylation sites (tertiary alicyclic amines) is 1. The van der Waals surface area contributed by atoms with Gasteiger partial charge in [-0.25, -0.2) is 0 Å². The van der Waals surface area contributed by atoms with Crippen LogP contribution in [0.4, 0.5) is 0 Å². The van der Waals surface area contributed by atoms with Crippen molar-refractivity contribution in [1.29, 1.82) is 0 Å². The number of hydrogen-bond donors (Lipinski definition) is 0. The zero-order valence-electron chi connectivity index (χ0n) is 11.8. The highest BCUT2D eigenvalue weighted by Gasteiger charge is 2.31. The van der Waals surface area contributed by atoms with E-state index >= 15 is 0 Å². The molecule has 0 aromatic carbocycles. The van der Waals surface area contributed by atoms with Crippen molar-refractivity contribution >= 4 is 5.91 Å². The molecule has 1 saturated heterocycles. The number of hydrogen-bond acceptors (Lipinski definition) is 4. The molecule has 0 radical (unpaired) electrons. The summed E-state index contributed by atoms with van der Waals surface area (Å²) in [7, 11) is 0. The third-order valence-electron chi connectivity index (χ3n) is 4.31. The van der Waals surface area contributed by atoms with E-state index in [0.717, 1.165) is 38.0 Å². The average Bonchev–Trinajstić information content (AvgIpc) is 3.05. The molecule has 2 aromatic rings. The van der Waals surface area contributed by atoms with Gasteiger partial charge in [0.15, 0.2) is 5.69 Å². The number of aromatic nitrogens is 3. The molecular formula is C15H18N4O2. The molecule has 1 unspecified atom stereocenters. The van der Waals surface area contributed by atoms with E-state index in [2.05, 4.69) is 10.3 Å². The topological polar surface area (TPSA) is 64.2 Å². The van der Waals surface area contributed by atoms with Gasteiger partial charge in [-0.15, -0.1) is 0 Å². The Balaban J connectivity index is 1.47. The number of nitrogens with zero attached hydrogens (tertiary/aromatic N) is 4. The van der Waals surface area contributed by atoms with Crippen molar-refractivity contribution in [2.75, 3.05) is 13.1 Å². The fraction of sp³-hybridized carbons (Fsp3) is 0.533. The molecule has 0 bridgehead atoms. The van der Waals surface area contributed by atoms with Crippen LogP contribution in [0.15, 0.2) is 29.0 Å². The second kappa shape index (κ2) is 5.02. The van der Waals surface area contributed by atoms with E-state index < -0.39 is 0 Å². The number of carbonyl (C=O) groups excluding carboxylic acids is 1. The van der Waals surface area contributed by atoms with Crippen molar-refractivity contribution in [3.05, 3.63) is 36.0 Å². The summed E-state index contributed by atoms with van der Waals surface area (Å²) in [6.45, 7) is 1.47. The predicted molar refractivity (Wildman–Crippen MR) is 74.9 cm³/mol. The number of amides is 1. The van der Waals surface area contributed by atoms with E-state index in [4.69, 9.17) is 4.52 Å². The second-order valence-corrected chi connectivity index (χ2v) is 5.92. The lowest BCUT2D eigenvalue weighted by Gasteiger charge is -2.32. The maximum atomic E-state index is 12.5. The maximum Gasteiger partial charge on any atom is 0.276 e. The highest BCUT2D eigenvalue weighted by molar-refractivity contribution is 5.92. The van der Waals surface area contributed by atoms with E-state index in [0.29, 0.717) is 18.2 Å². The zero-order valence-corrected chi connectivity index (χ0v) is 11.8. The molecule has 0 spiro atoms. The van der Waals surface area contributed by atoms with Crippen LogP contribution in [-0.4, -0.2) is 38.8 Å². The molecule has 21 heavy (non-hydrogen) atoms. The Morgan fingerprint density at radius 2 is 2.24 bits per heavy atom. The molecule has 2 aromatic heterocycles. The number of carbonyl (C=O) groups is 1. The Bertz CT molecular complexity index is 630. The zero-order chi connectivity index (χ0) is 14.2. The first-order valence-electron chi connectivity index (χ1n) is 7.56. The summed E-state index contributed by atoms with van der Waals surface area (Å²) in [5.41, 5.74) is 0.443. The number of rotatable bonds is 3. The highest BCUT2D eigenvalue weighted by atomic mass is 16.5. The van der Waals surface area contributed by atoms with Crippen LogP contribution in [0.2, 0.25) is 0 Å². The molecule has 1 amide bonds. The van der Waals surface area contributed by atoms with Gasteiger partial charge in [0.2, 0.25) is 0 Å². The third kappa shape index (κ3) is 2.46. The largest absolute Gasteiger partial charge is 0.360 e. The molecule has 1 saturated carbocycles. The third-order valence-corrected chi connectivity index (χ3v) is 4.31. The van der Waals surface area contributed by atoms with E-state index in [1.54, 1.807) is 6.20 Å². The van der Waals surface area contributed by atoms with Crippen LogP contribution >= 0.6 is 0 Å². The molecule has 1 aliphatic heterocycles.